The SMILES string of the molecule is C=C/C(=C\c1c(C)c(C)c(-c2ccc(-c3ccc4ccccc4c3)cc2C=C)n1-c1ccccc1)C/C=C\CC(N)C(=C)/C(C)=C\C=N. The summed E-state index contributed by atoms with van der Waals surface area (Å²) < 4.78 is 2.37. The Kier molecular flexibility index (Phi) is 10.8. The highest BCUT2D eigenvalue weighted by atomic mass is 15.0. The van der Waals surface area contributed by atoms with Gasteiger partial charge in [-0.1, -0.05) is 111 Å². The Hall–Kier alpha value is -5.51. The number of para-hydroxylation sites is 1. The first-order chi connectivity index (χ1) is 23.3. The number of nitrogens with zero attached hydrogens (tertiary/aromatic N) is 1. The number of hydrogen-bond acceptors (Lipinski definition) is 2. The molecule has 0 aliphatic heterocycles. The fraction of sp³-hybridized carbons (Fsp3) is 0.133. The van der Waals surface area contributed by atoms with E-state index in [0.29, 0.717) is 6.42 Å². The van der Waals surface area contributed by atoms with Crippen LogP contribution in [0.15, 0.2) is 152 Å². The molecule has 5 aromatic rings. The first-order valence-corrected chi connectivity index (χ1v) is 16.4. The van der Waals surface area contributed by atoms with Crippen LogP contribution in [0.1, 0.15) is 42.1 Å². The molecule has 1 atom stereocenters. The van der Waals surface area contributed by atoms with Crippen molar-refractivity contribution in [3.05, 3.63) is 174 Å². The molecule has 4 aromatic carbocycles. The molecule has 1 aromatic heterocycles. The van der Waals surface area contributed by atoms with Crippen LogP contribution in [0.4, 0.5) is 0 Å². The molecule has 1 unspecified atom stereocenters. The van der Waals surface area contributed by atoms with Crippen molar-refractivity contribution in [3.63, 3.8) is 0 Å². The summed E-state index contributed by atoms with van der Waals surface area (Å²) in [4.78, 5) is 0. The van der Waals surface area contributed by atoms with Gasteiger partial charge in [-0.3, -0.25) is 0 Å². The highest BCUT2D eigenvalue weighted by Crippen LogP contribution is 2.39. The van der Waals surface area contributed by atoms with E-state index in [-0.39, 0.29) is 6.04 Å². The number of hydrogen-bond donors (Lipinski definition) is 2. The Morgan fingerprint density at radius 1 is 0.854 bits per heavy atom. The van der Waals surface area contributed by atoms with E-state index >= 15 is 0 Å². The average molecular weight is 628 g/mol. The van der Waals surface area contributed by atoms with Gasteiger partial charge < -0.3 is 15.7 Å². The summed E-state index contributed by atoms with van der Waals surface area (Å²) in [5, 5.41) is 9.77. The number of fused-ring (bicyclic) bond motifs is 1. The lowest BCUT2D eigenvalue weighted by Gasteiger charge is -2.17. The van der Waals surface area contributed by atoms with Gasteiger partial charge in [-0.25, -0.2) is 0 Å². The molecule has 0 bridgehead atoms. The summed E-state index contributed by atoms with van der Waals surface area (Å²) in [6.07, 6.45) is 14.8. The topological polar surface area (TPSA) is 54.8 Å². The molecule has 5 rings (SSSR count). The van der Waals surface area contributed by atoms with Crippen LogP contribution in [-0.4, -0.2) is 16.8 Å². The molecule has 3 nitrogen and oxygen atoms in total. The van der Waals surface area contributed by atoms with Crippen molar-refractivity contribution in [1.82, 2.24) is 4.57 Å². The minimum Gasteiger partial charge on any atom is -0.324 e. The fourth-order valence-corrected chi connectivity index (χ4v) is 6.17. The number of nitrogens with two attached hydrogens (primary N) is 1. The molecule has 1 heterocycles. The number of allylic oxidation sites excluding steroid dienone is 4. The van der Waals surface area contributed by atoms with Crippen molar-refractivity contribution in [2.75, 3.05) is 0 Å². The van der Waals surface area contributed by atoms with Crippen LogP contribution >= 0.6 is 0 Å². The number of aromatic nitrogens is 1. The van der Waals surface area contributed by atoms with Gasteiger partial charge in [0, 0.05) is 29.2 Å². The summed E-state index contributed by atoms with van der Waals surface area (Å²) >= 11 is 0. The van der Waals surface area contributed by atoms with Crippen molar-refractivity contribution in [2.45, 2.75) is 39.7 Å². The highest BCUT2D eigenvalue weighted by molar-refractivity contribution is 5.89. The van der Waals surface area contributed by atoms with E-state index in [9.17, 15) is 0 Å². The first-order valence-electron chi connectivity index (χ1n) is 16.4. The first kappa shape index (κ1) is 33.8. The van der Waals surface area contributed by atoms with Crippen LogP contribution in [0.3, 0.4) is 0 Å². The van der Waals surface area contributed by atoms with Crippen molar-refractivity contribution in [1.29, 1.82) is 5.41 Å². The Balaban J connectivity index is 1.54. The molecule has 3 N–H and O–H groups in total. The Morgan fingerprint density at radius 2 is 1.54 bits per heavy atom. The van der Waals surface area contributed by atoms with Gasteiger partial charge in [0.1, 0.15) is 0 Å². The van der Waals surface area contributed by atoms with Gasteiger partial charge in [-0.05, 0) is 125 Å². The maximum absolute atomic E-state index is 7.31. The molecule has 0 spiro atoms. The molecule has 0 saturated heterocycles. The quantitative estimate of drug-likeness (QED) is 0.0761. The number of rotatable bonds is 13. The van der Waals surface area contributed by atoms with E-state index in [0.717, 1.165) is 56.9 Å². The second kappa shape index (κ2) is 15.4. The molecule has 3 heteroatoms. The van der Waals surface area contributed by atoms with E-state index in [1.165, 1.54) is 33.7 Å². The molecule has 0 aliphatic rings. The average Bonchev–Trinajstić information content (AvgIpc) is 3.37. The highest BCUT2D eigenvalue weighted by Gasteiger charge is 2.21. The Morgan fingerprint density at radius 3 is 2.25 bits per heavy atom. The maximum Gasteiger partial charge on any atom is 0.0572 e. The summed E-state index contributed by atoms with van der Waals surface area (Å²) in [7, 11) is 0. The zero-order valence-corrected chi connectivity index (χ0v) is 28.3. The van der Waals surface area contributed by atoms with Crippen molar-refractivity contribution in [3.8, 4) is 28.1 Å². The van der Waals surface area contributed by atoms with Crippen LogP contribution in [0.5, 0.6) is 0 Å². The van der Waals surface area contributed by atoms with E-state index in [1.54, 1.807) is 6.08 Å². The number of benzene rings is 4. The van der Waals surface area contributed by atoms with E-state index < -0.39 is 0 Å². The molecule has 240 valence electrons. The van der Waals surface area contributed by atoms with Gasteiger partial charge in [-0.15, -0.1) is 0 Å². The molecule has 0 radical (unpaired) electrons. The molecule has 0 fully saturated rings. The lowest BCUT2D eigenvalue weighted by Crippen LogP contribution is -2.21. The van der Waals surface area contributed by atoms with Gasteiger partial charge in [0.2, 0.25) is 0 Å². The maximum atomic E-state index is 7.31. The standard InChI is InChI=1S/C45H45N3/c1-7-35(16-12-15-21-43(47)32(4)31(3)26-27-46)28-44-33(5)34(6)45(48(44)41-19-10-9-11-20-41)42-25-24-40(29-36(42)8-2)39-23-22-37-17-13-14-18-38(37)30-39/h7-15,17-20,22-30,43,46H,1-2,4,16,21,47H2,3,5-6H3/b15-12-,31-26-,35-28+,46-27?. The monoisotopic (exact) mass is 627 g/mol. The minimum absolute atomic E-state index is 0.192. The lowest BCUT2D eigenvalue weighted by molar-refractivity contribution is 0.792. The summed E-state index contributed by atoms with van der Waals surface area (Å²) in [5.41, 5.74) is 19.7. The molecular weight excluding hydrogens is 583 g/mol. The van der Waals surface area contributed by atoms with Crippen LogP contribution in [0.25, 0.3) is 51.0 Å². The van der Waals surface area contributed by atoms with E-state index in [4.69, 9.17) is 11.1 Å². The third-order valence-electron chi connectivity index (χ3n) is 9.17. The van der Waals surface area contributed by atoms with Gasteiger partial charge in [0.05, 0.1) is 5.69 Å². The van der Waals surface area contributed by atoms with Gasteiger partial charge in [0.15, 0.2) is 0 Å². The second-order valence-electron chi connectivity index (χ2n) is 12.2. The van der Waals surface area contributed by atoms with Crippen LogP contribution in [0.2, 0.25) is 0 Å². The summed E-state index contributed by atoms with van der Waals surface area (Å²) in [6, 6.07) is 32.2. The molecule has 48 heavy (non-hydrogen) atoms. The van der Waals surface area contributed by atoms with E-state index in [2.05, 4.69) is 147 Å². The Bertz CT molecular complexity index is 2080. The Labute approximate surface area is 286 Å². The predicted molar refractivity (Wildman–Crippen MR) is 210 cm³/mol. The summed E-state index contributed by atoms with van der Waals surface area (Å²) in [6.45, 7) is 18.9. The molecule has 0 amide bonds. The fourth-order valence-electron chi connectivity index (χ4n) is 6.17. The van der Waals surface area contributed by atoms with Gasteiger partial charge in [0.25, 0.3) is 0 Å². The van der Waals surface area contributed by atoms with E-state index in [1.807, 2.05) is 19.1 Å². The largest absolute Gasteiger partial charge is 0.324 e. The van der Waals surface area contributed by atoms with Gasteiger partial charge >= 0.3 is 0 Å². The third-order valence-corrected chi connectivity index (χ3v) is 9.17. The molecular formula is C45H45N3. The van der Waals surface area contributed by atoms with Crippen molar-refractivity contribution < 1.29 is 0 Å². The van der Waals surface area contributed by atoms with Gasteiger partial charge in [-0.2, -0.15) is 0 Å². The van der Waals surface area contributed by atoms with Crippen molar-refractivity contribution in [2.24, 2.45) is 5.73 Å². The van der Waals surface area contributed by atoms with Crippen LogP contribution in [0, 0.1) is 19.3 Å². The minimum atomic E-state index is -0.192. The zero-order chi connectivity index (χ0) is 34.2. The van der Waals surface area contributed by atoms with Crippen LogP contribution < -0.4 is 5.73 Å². The second-order valence-corrected chi connectivity index (χ2v) is 12.2. The molecule has 0 aliphatic carbocycles. The lowest BCUT2D eigenvalue weighted by atomic mass is 9.94. The van der Waals surface area contributed by atoms with Crippen LogP contribution in [-0.2, 0) is 0 Å². The zero-order valence-electron chi connectivity index (χ0n) is 28.3. The molecule has 0 saturated carbocycles. The van der Waals surface area contributed by atoms with Crippen molar-refractivity contribution >= 4 is 29.1 Å². The number of nitrogens with one attached hydrogen (secondary N) is 1. The third kappa shape index (κ3) is 7.22. The normalized spacial score (nSPS) is 12.8. The predicted octanol–water partition coefficient (Wildman–Crippen LogP) is 11.6. The smallest absolute Gasteiger partial charge is 0.0572 e. The summed E-state index contributed by atoms with van der Waals surface area (Å²) in [5.74, 6) is 0.